The maximum atomic E-state index is 8.78. The highest BCUT2D eigenvalue weighted by Crippen LogP contribution is 2.27. The summed E-state index contributed by atoms with van der Waals surface area (Å²) in [6, 6.07) is 0. The first-order valence-corrected chi connectivity index (χ1v) is 1.96. The molecule has 0 unspecified atom stereocenters. The minimum absolute atomic E-state index is 0. The molecule has 2 nitrogen and oxygen atoms in total. The summed E-state index contributed by atoms with van der Waals surface area (Å²) in [4.78, 5) is 0. The Balaban J connectivity index is 0.00000169. The Morgan fingerprint density at radius 2 is 2.25 bits per heavy atom. The van der Waals surface area contributed by atoms with Crippen LogP contribution in [-0.2, 0) is 0 Å². The van der Waals surface area contributed by atoms with Crippen molar-refractivity contribution in [1.82, 2.24) is 0 Å². The van der Waals surface area contributed by atoms with Crippen molar-refractivity contribution >= 4 is 12.4 Å². The van der Waals surface area contributed by atoms with Gasteiger partial charge in [-0.3, -0.25) is 0 Å². The Bertz CT molecular complexity index is 226. The van der Waals surface area contributed by atoms with Gasteiger partial charge in [0.2, 0.25) is 0 Å². The molecule has 3 N–H and O–H groups in total. The van der Waals surface area contributed by atoms with Crippen molar-refractivity contribution in [1.29, 1.82) is 0 Å². The van der Waals surface area contributed by atoms with Gasteiger partial charge < -0.3 is 10.8 Å². The lowest BCUT2D eigenvalue weighted by atomic mass is 9.79. The number of hydrogen-bond acceptors (Lipinski definition) is 2. The number of hydrogen-bond donors (Lipinski definition) is 2. The van der Waals surface area contributed by atoms with E-state index in [-0.39, 0.29) is 12.4 Å². The Kier molecular flexibility index (Phi) is 0.815. The van der Waals surface area contributed by atoms with E-state index in [4.69, 9.17) is 19.1 Å². The molecule has 1 saturated carbocycles. The van der Waals surface area contributed by atoms with E-state index in [1.165, 1.54) is 0 Å². The van der Waals surface area contributed by atoms with Crippen molar-refractivity contribution in [2.75, 3.05) is 6.61 Å². The van der Waals surface area contributed by atoms with Gasteiger partial charge in [-0.25, -0.2) is 0 Å². The average Bonchev–Trinajstić information content (AvgIpc) is 2.00. The van der Waals surface area contributed by atoms with Gasteiger partial charge in [0.1, 0.15) is 0 Å². The summed E-state index contributed by atoms with van der Waals surface area (Å²) < 4.78 is 43.3. The zero-order valence-electron chi connectivity index (χ0n) is 10.1. The topological polar surface area (TPSA) is 46.2 Å². The van der Waals surface area contributed by atoms with Crippen LogP contribution < -0.4 is 5.73 Å². The number of halogens is 1. The molecule has 1 rings (SSSR count). The molecule has 0 saturated heterocycles. The molecule has 3 heteroatoms. The van der Waals surface area contributed by atoms with Crippen LogP contribution in [0.4, 0.5) is 0 Å². The molecule has 0 aliphatic heterocycles. The molecule has 1 fully saturated rings. The number of aliphatic hydroxyl groups is 1. The molecule has 0 amide bonds. The van der Waals surface area contributed by atoms with E-state index in [1.807, 2.05) is 0 Å². The fraction of sp³-hybridized carbons (Fsp3) is 1.00. The van der Waals surface area contributed by atoms with Crippen LogP contribution in [0.15, 0.2) is 0 Å². The van der Waals surface area contributed by atoms with Crippen molar-refractivity contribution in [3.8, 4) is 0 Å². The molecule has 1 aliphatic carbocycles. The first kappa shape index (κ1) is 2.45. The largest absolute Gasteiger partial charge is 0.394 e. The molecular weight excluding hydrogens is 126 g/mol. The summed E-state index contributed by atoms with van der Waals surface area (Å²) in [5.74, 6) is 0. The Hall–Kier alpha value is 0.210. The van der Waals surface area contributed by atoms with Gasteiger partial charge in [0, 0.05) is 13.8 Å². The highest BCUT2D eigenvalue weighted by Gasteiger charge is 2.30. The lowest BCUT2D eigenvalue weighted by Gasteiger charge is -2.35. The molecular formula is C5H12ClNO. The predicted octanol–water partition coefficient (Wildman–Crippen LogP) is 0.282. The smallest absolute Gasteiger partial charge is 0.0611 e. The van der Waals surface area contributed by atoms with Crippen LogP contribution in [0.5, 0.6) is 0 Å². The van der Waals surface area contributed by atoms with Crippen LogP contribution in [-0.4, -0.2) is 17.3 Å². The molecule has 0 aromatic heterocycles. The van der Waals surface area contributed by atoms with E-state index in [9.17, 15) is 0 Å². The van der Waals surface area contributed by atoms with Crippen molar-refractivity contribution in [2.24, 2.45) is 5.73 Å². The summed E-state index contributed by atoms with van der Waals surface area (Å²) in [5, 5.41) is 8.78. The molecule has 0 aromatic rings. The van der Waals surface area contributed by atoms with Gasteiger partial charge >= 0.3 is 0 Å². The standard InChI is InChI=1S/C5H11NO.ClH/c6-5(4-7)2-1-3-5;/h7H,1-4,6H2;1H/i1D2,2D2,3D2;. The zero-order chi connectivity index (χ0) is 10.7. The summed E-state index contributed by atoms with van der Waals surface area (Å²) in [7, 11) is 0. The second-order valence-electron chi connectivity index (χ2n) is 1.50. The molecule has 0 spiro atoms. The second kappa shape index (κ2) is 2.67. The van der Waals surface area contributed by atoms with Crippen LogP contribution in [0.25, 0.3) is 0 Å². The fourth-order valence-corrected chi connectivity index (χ4v) is 0.302. The maximum absolute atomic E-state index is 8.78. The van der Waals surface area contributed by atoms with Crippen LogP contribution in [0.1, 0.15) is 27.3 Å². The van der Waals surface area contributed by atoms with Crippen molar-refractivity contribution in [2.45, 2.75) is 24.7 Å². The normalized spacial score (nSPS) is 53.2. The number of nitrogens with two attached hydrogens (primary N) is 1. The van der Waals surface area contributed by atoms with Crippen LogP contribution in [0.2, 0.25) is 0 Å². The lowest BCUT2D eigenvalue weighted by Crippen LogP contribution is -2.49. The van der Waals surface area contributed by atoms with E-state index < -0.39 is 31.3 Å². The summed E-state index contributed by atoms with van der Waals surface area (Å²) in [6.45, 7) is -0.924. The summed E-state index contributed by atoms with van der Waals surface area (Å²) >= 11 is 0. The quantitative estimate of drug-likeness (QED) is 0.554. The van der Waals surface area contributed by atoms with Crippen molar-refractivity contribution in [3.63, 3.8) is 0 Å². The predicted molar refractivity (Wildman–Crippen MR) is 35.1 cm³/mol. The molecule has 0 radical (unpaired) electrons. The average molecular weight is 144 g/mol. The van der Waals surface area contributed by atoms with E-state index in [2.05, 4.69) is 0 Å². The van der Waals surface area contributed by atoms with Crippen LogP contribution in [0, 0.1) is 0 Å². The molecule has 0 heterocycles. The molecule has 8 heavy (non-hydrogen) atoms. The third-order valence-corrected chi connectivity index (χ3v) is 0.821. The highest BCUT2D eigenvalue weighted by atomic mass is 35.5. The number of rotatable bonds is 1. The molecule has 1 aliphatic rings. The van der Waals surface area contributed by atoms with E-state index >= 15 is 0 Å². The van der Waals surface area contributed by atoms with E-state index in [0.717, 1.165) is 0 Å². The summed E-state index contributed by atoms with van der Waals surface area (Å²) in [5.41, 5.74) is 3.13. The van der Waals surface area contributed by atoms with E-state index in [1.54, 1.807) is 0 Å². The van der Waals surface area contributed by atoms with Gasteiger partial charge in [-0.2, -0.15) is 0 Å². The highest BCUT2D eigenvalue weighted by molar-refractivity contribution is 5.85. The number of aliphatic hydroxyl groups excluding tert-OH is 1. The Morgan fingerprint density at radius 3 is 2.50 bits per heavy atom. The van der Waals surface area contributed by atoms with Crippen molar-refractivity contribution < 1.29 is 13.3 Å². The first-order valence-electron chi connectivity index (χ1n) is 4.96. The molecule has 0 atom stereocenters. The van der Waals surface area contributed by atoms with Gasteiger partial charge in [0.25, 0.3) is 0 Å². The van der Waals surface area contributed by atoms with Gasteiger partial charge in [-0.05, 0) is 19.1 Å². The second-order valence-corrected chi connectivity index (χ2v) is 1.50. The lowest BCUT2D eigenvalue weighted by molar-refractivity contribution is 0.126. The summed E-state index contributed by atoms with van der Waals surface area (Å²) in [6.07, 6.45) is -7.78. The monoisotopic (exact) mass is 143 g/mol. The zero-order valence-corrected chi connectivity index (χ0v) is 4.96. The molecule has 50 valence electrons. The third-order valence-electron chi connectivity index (χ3n) is 0.821. The van der Waals surface area contributed by atoms with Crippen molar-refractivity contribution in [3.05, 3.63) is 0 Å². The fourth-order valence-electron chi connectivity index (χ4n) is 0.302. The van der Waals surface area contributed by atoms with Gasteiger partial charge in [-0.1, -0.05) is 0 Å². The minimum atomic E-state index is -2.67. The minimum Gasteiger partial charge on any atom is -0.394 e. The molecule has 0 aromatic carbocycles. The Morgan fingerprint density at radius 1 is 1.75 bits per heavy atom. The SMILES string of the molecule is Cl.[2H]C1([2H])C([2H])([2H])C(N)(CO)C1([2H])[2H]. The maximum Gasteiger partial charge on any atom is 0.0611 e. The Labute approximate surface area is 63.9 Å². The van der Waals surface area contributed by atoms with Gasteiger partial charge in [0.15, 0.2) is 0 Å². The first-order chi connectivity index (χ1) is 5.56. The van der Waals surface area contributed by atoms with Gasteiger partial charge in [-0.15, -0.1) is 12.4 Å². The van der Waals surface area contributed by atoms with Crippen LogP contribution >= 0.6 is 12.4 Å². The third kappa shape index (κ3) is 1.34. The van der Waals surface area contributed by atoms with Crippen LogP contribution in [0.3, 0.4) is 0 Å². The van der Waals surface area contributed by atoms with Gasteiger partial charge in [0.05, 0.1) is 6.61 Å². The van der Waals surface area contributed by atoms with E-state index in [0.29, 0.717) is 0 Å². The molecule has 0 bridgehead atoms.